The van der Waals surface area contributed by atoms with Crippen LogP contribution in [0.3, 0.4) is 0 Å². The van der Waals surface area contributed by atoms with Crippen molar-refractivity contribution in [1.29, 1.82) is 0 Å². The van der Waals surface area contributed by atoms with Gasteiger partial charge in [-0.3, -0.25) is 4.79 Å². The maximum atomic E-state index is 12.3. The van der Waals surface area contributed by atoms with Crippen molar-refractivity contribution in [3.63, 3.8) is 0 Å². The molecule has 1 aromatic heterocycles. The zero-order valence-corrected chi connectivity index (χ0v) is 17.1. The summed E-state index contributed by atoms with van der Waals surface area (Å²) in [6.45, 7) is 8.87. The van der Waals surface area contributed by atoms with Gasteiger partial charge < -0.3 is 9.47 Å². The molecule has 0 aliphatic carbocycles. The lowest BCUT2D eigenvalue weighted by atomic mass is 9.97. The van der Waals surface area contributed by atoms with Gasteiger partial charge in [0.15, 0.2) is 0 Å². The number of carbonyl (C=O) groups excluding carboxylic acids is 1. The van der Waals surface area contributed by atoms with Gasteiger partial charge in [-0.05, 0) is 42.5 Å². The quantitative estimate of drug-likeness (QED) is 0.612. The molecule has 3 aromatic rings. The maximum absolute atomic E-state index is 12.3. The van der Waals surface area contributed by atoms with Gasteiger partial charge in [0, 0.05) is 32.0 Å². The fraction of sp³-hybridized carbons (Fsp3) is 0.417. The number of nitrogens with zero attached hydrogens (tertiary/aromatic N) is 3. The SMILES string of the molecule is CCC(C)c1ccc(Cn2c(C3CC(=O)N(CC)C3)nc3ccccc32)cc1. The normalized spacial score (nSPS) is 18.2. The van der Waals surface area contributed by atoms with Crippen molar-refractivity contribution in [2.75, 3.05) is 13.1 Å². The number of hydrogen-bond donors (Lipinski definition) is 0. The molecule has 2 aromatic carbocycles. The Morgan fingerprint density at radius 1 is 1.11 bits per heavy atom. The van der Waals surface area contributed by atoms with Gasteiger partial charge in [0.25, 0.3) is 0 Å². The van der Waals surface area contributed by atoms with Gasteiger partial charge in [0.05, 0.1) is 11.0 Å². The number of likely N-dealkylation sites (N-methyl/N-ethyl adjacent to an activating group) is 1. The zero-order chi connectivity index (χ0) is 19.7. The number of aromatic nitrogens is 2. The van der Waals surface area contributed by atoms with Crippen molar-refractivity contribution >= 4 is 16.9 Å². The van der Waals surface area contributed by atoms with E-state index < -0.39 is 0 Å². The molecule has 0 spiro atoms. The summed E-state index contributed by atoms with van der Waals surface area (Å²) >= 11 is 0. The lowest BCUT2D eigenvalue weighted by molar-refractivity contribution is -0.127. The van der Waals surface area contributed by atoms with Crippen LogP contribution in [0.1, 0.15) is 62.4 Å². The average molecular weight is 376 g/mol. The van der Waals surface area contributed by atoms with Crippen molar-refractivity contribution < 1.29 is 4.79 Å². The van der Waals surface area contributed by atoms with E-state index in [4.69, 9.17) is 4.98 Å². The van der Waals surface area contributed by atoms with Gasteiger partial charge >= 0.3 is 0 Å². The second kappa shape index (κ2) is 7.78. The Labute approximate surface area is 167 Å². The van der Waals surface area contributed by atoms with Crippen LogP contribution in [0.4, 0.5) is 0 Å². The molecule has 1 aliphatic heterocycles. The minimum Gasteiger partial charge on any atom is -0.342 e. The summed E-state index contributed by atoms with van der Waals surface area (Å²) in [5.74, 6) is 2.03. The lowest BCUT2D eigenvalue weighted by Crippen LogP contribution is -2.24. The smallest absolute Gasteiger partial charge is 0.223 e. The van der Waals surface area contributed by atoms with Crippen LogP contribution < -0.4 is 0 Å². The molecule has 0 bridgehead atoms. The highest BCUT2D eigenvalue weighted by molar-refractivity contribution is 5.81. The van der Waals surface area contributed by atoms with E-state index in [1.165, 1.54) is 11.1 Å². The minimum absolute atomic E-state index is 0.166. The van der Waals surface area contributed by atoms with Crippen LogP contribution in [0.15, 0.2) is 48.5 Å². The van der Waals surface area contributed by atoms with Gasteiger partial charge in [-0.2, -0.15) is 0 Å². The number of amides is 1. The first kappa shape index (κ1) is 18.7. The monoisotopic (exact) mass is 375 g/mol. The summed E-state index contributed by atoms with van der Waals surface area (Å²) < 4.78 is 2.31. The molecule has 4 heteroatoms. The van der Waals surface area contributed by atoms with Gasteiger partial charge in [-0.15, -0.1) is 0 Å². The van der Waals surface area contributed by atoms with Crippen LogP contribution >= 0.6 is 0 Å². The number of para-hydroxylation sites is 2. The number of carbonyl (C=O) groups is 1. The number of likely N-dealkylation sites (tertiary alicyclic amines) is 1. The molecule has 1 saturated heterocycles. The molecule has 2 unspecified atom stereocenters. The molecule has 0 N–H and O–H groups in total. The van der Waals surface area contributed by atoms with E-state index in [0.717, 1.165) is 42.9 Å². The maximum Gasteiger partial charge on any atom is 0.223 e. The molecular formula is C24H29N3O. The Kier molecular flexibility index (Phi) is 5.21. The Hall–Kier alpha value is -2.62. The summed E-state index contributed by atoms with van der Waals surface area (Å²) in [6.07, 6.45) is 1.71. The Morgan fingerprint density at radius 3 is 2.54 bits per heavy atom. The predicted octanol–water partition coefficient (Wildman–Crippen LogP) is 4.93. The third-order valence-electron chi connectivity index (χ3n) is 6.15. The number of fused-ring (bicyclic) bond motifs is 1. The van der Waals surface area contributed by atoms with Gasteiger partial charge in [-0.25, -0.2) is 4.98 Å². The van der Waals surface area contributed by atoms with E-state index in [1.807, 2.05) is 17.9 Å². The Morgan fingerprint density at radius 2 is 1.86 bits per heavy atom. The van der Waals surface area contributed by atoms with E-state index in [9.17, 15) is 4.79 Å². The van der Waals surface area contributed by atoms with Crippen LogP contribution in [0, 0.1) is 0 Å². The molecule has 2 heterocycles. The predicted molar refractivity (Wildman–Crippen MR) is 114 cm³/mol. The lowest BCUT2D eigenvalue weighted by Gasteiger charge is -2.16. The molecule has 0 radical (unpaired) electrons. The summed E-state index contributed by atoms with van der Waals surface area (Å²) in [5, 5.41) is 0. The van der Waals surface area contributed by atoms with Gasteiger partial charge in [0.2, 0.25) is 5.91 Å². The first-order valence-corrected chi connectivity index (χ1v) is 10.4. The number of hydrogen-bond acceptors (Lipinski definition) is 2. The third kappa shape index (κ3) is 3.44. The second-order valence-electron chi connectivity index (χ2n) is 7.93. The Bertz CT molecular complexity index is 973. The standard InChI is InChI=1S/C24H29N3O/c1-4-17(3)19-12-10-18(11-13-19)15-27-22-9-7-6-8-21(22)25-24(27)20-14-23(28)26(5-2)16-20/h6-13,17,20H,4-5,14-16H2,1-3H3. The highest BCUT2D eigenvalue weighted by Gasteiger charge is 2.33. The zero-order valence-electron chi connectivity index (χ0n) is 17.1. The second-order valence-corrected chi connectivity index (χ2v) is 7.93. The highest BCUT2D eigenvalue weighted by atomic mass is 16.2. The van der Waals surface area contributed by atoms with E-state index in [-0.39, 0.29) is 11.8 Å². The van der Waals surface area contributed by atoms with Crippen molar-refractivity contribution in [3.05, 3.63) is 65.5 Å². The summed E-state index contributed by atoms with van der Waals surface area (Å²) in [6, 6.07) is 17.3. The van der Waals surface area contributed by atoms with Crippen LogP contribution in [-0.2, 0) is 11.3 Å². The topological polar surface area (TPSA) is 38.1 Å². The summed E-state index contributed by atoms with van der Waals surface area (Å²) in [5.41, 5.74) is 4.82. The molecule has 146 valence electrons. The van der Waals surface area contributed by atoms with Crippen LogP contribution in [0.5, 0.6) is 0 Å². The van der Waals surface area contributed by atoms with Crippen molar-refractivity contribution in [3.8, 4) is 0 Å². The summed E-state index contributed by atoms with van der Waals surface area (Å²) in [7, 11) is 0. The molecular weight excluding hydrogens is 346 g/mol. The van der Waals surface area contributed by atoms with E-state index in [2.05, 4.69) is 60.9 Å². The Balaban J connectivity index is 1.69. The highest BCUT2D eigenvalue weighted by Crippen LogP contribution is 2.31. The number of benzene rings is 2. The van der Waals surface area contributed by atoms with Crippen molar-refractivity contribution in [2.24, 2.45) is 0 Å². The van der Waals surface area contributed by atoms with Gasteiger partial charge in [-0.1, -0.05) is 50.2 Å². The van der Waals surface area contributed by atoms with Crippen LogP contribution in [-0.4, -0.2) is 33.4 Å². The van der Waals surface area contributed by atoms with Crippen LogP contribution in [0.2, 0.25) is 0 Å². The minimum atomic E-state index is 0.166. The fourth-order valence-electron chi connectivity index (χ4n) is 4.19. The average Bonchev–Trinajstić information content (AvgIpc) is 3.28. The first-order valence-electron chi connectivity index (χ1n) is 10.4. The van der Waals surface area contributed by atoms with E-state index in [0.29, 0.717) is 12.3 Å². The molecule has 28 heavy (non-hydrogen) atoms. The molecule has 2 atom stereocenters. The number of rotatable bonds is 6. The molecule has 1 aliphatic rings. The first-order chi connectivity index (χ1) is 13.6. The number of imidazole rings is 1. The molecule has 1 amide bonds. The van der Waals surface area contributed by atoms with E-state index in [1.54, 1.807) is 0 Å². The summed E-state index contributed by atoms with van der Waals surface area (Å²) in [4.78, 5) is 19.2. The van der Waals surface area contributed by atoms with Crippen molar-refractivity contribution in [2.45, 2.75) is 52.0 Å². The molecule has 1 fully saturated rings. The molecule has 4 rings (SSSR count). The molecule has 0 saturated carbocycles. The molecule has 4 nitrogen and oxygen atoms in total. The van der Waals surface area contributed by atoms with Gasteiger partial charge in [0.1, 0.15) is 5.82 Å². The largest absolute Gasteiger partial charge is 0.342 e. The van der Waals surface area contributed by atoms with E-state index >= 15 is 0 Å². The third-order valence-corrected chi connectivity index (χ3v) is 6.15. The fourth-order valence-corrected chi connectivity index (χ4v) is 4.19. The van der Waals surface area contributed by atoms with Crippen LogP contribution in [0.25, 0.3) is 11.0 Å². The van der Waals surface area contributed by atoms with Crippen molar-refractivity contribution in [1.82, 2.24) is 14.5 Å².